The number of hydrogen-bond acceptors (Lipinski definition) is 4. The number of nitrogens with zero attached hydrogens (tertiary/aromatic N) is 3. The molecule has 1 aromatic rings. The van der Waals surface area contributed by atoms with Crippen LogP contribution >= 0.6 is 0 Å². The lowest BCUT2D eigenvalue weighted by atomic mass is 9.47. The van der Waals surface area contributed by atoms with E-state index in [4.69, 9.17) is 4.74 Å². The van der Waals surface area contributed by atoms with E-state index in [1.54, 1.807) is 5.57 Å². The fraction of sp³-hybridized carbons (Fsp3) is 0.750. The molecule has 1 aliphatic heterocycles. The molecule has 5 atom stereocenters. The standard InChI is InChI=1S/C20H32N4O/c1-13-8-17(16-9-15(13)20(16,2)3)21-11-18-19(23(4)6-7-25-18)14-10-22-24(5)12-14/h8,10,12,15-19,21H,6-7,9,11H2,1-5H3/t15-,16+,17?,18-,19-/m0/s1. The molecule has 1 N–H and O–H groups in total. The first-order chi connectivity index (χ1) is 11.9. The molecule has 5 nitrogen and oxygen atoms in total. The van der Waals surface area contributed by atoms with Crippen LogP contribution in [0.5, 0.6) is 0 Å². The van der Waals surface area contributed by atoms with Crippen LogP contribution in [0.1, 0.15) is 38.8 Å². The van der Waals surface area contributed by atoms with Gasteiger partial charge in [-0.3, -0.25) is 9.58 Å². The highest BCUT2D eigenvalue weighted by molar-refractivity contribution is 5.26. The number of allylic oxidation sites excluding steroid dienone is 1. The van der Waals surface area contributed by atoms with Gasteiger partial charge in [-0.05, 0) is 37.6 Å². The van der Waals surface area contributed by atoms with Crippen LogP contribution in [0.4, 0.5) is 0 Å². The van der Waals surface area contributed by atoms with E-state index in [2.05, 4.69) is 55.4 Å². The molecule has 0 spiro atoms. The van der Waals surface area contributed by atoms with Crippen molar-refractivity contribution in [2.75, 3.05) is 26.7 Å². The third kappa shape index (κ3) is 2.86. The smallest absolute Gasteiger partial charge is 0.0897 e. The lowest BCUT2D eigenvalue weighted by Gasteiger charge is -2.59. The molecule has 2 bridgehead atoms. The average molecular weight is 345 g/mol. The van der Waals surface area contributed by atoms with Crippen LogP contribution < -0.4 is 5.32 Å². The molecule has 1 unspecified atom stereocenters. The highest BCUT2D eigenvalue weighted by Gasteiger charge is 2.54. The van der Waals surface area contributed by atoms with Crippen molar-refractivity contribution in [1.82, 2.24) is 20.0 Å². The van der Waals surface area contributed by atoms with Crippen LogP contribution in [-0.2, 0) is 11.8 Å². The van der Waals surface area contributed by atoms with Gasteiger partial charge in [-0.25, -0.2) is 0 Å². The quantitative estimate of drug-likeness (QED) is 0.852. The van der Waals surface area contributed by atoms with Gasteiger partial charge in [0.15, 0.2) is 0 Å². The molecule has 2 heterocycles. The van der Waals surface area contributed by atoms with Crippen molar-refractivity contribution in [2.45, 2.75) is 45.4 Å². The van der Waals surface area contributed by atoms with Crippen molar-refractivity contribution in [1.29, 1.82) is 0 Å². The van der Waals surface area contributed by atoms with Crippen LogP contribution in [0.3, 0.4) is 0 Å². The first-order valence-electron chi connectivity index (χ1n) is 9.60. The SMILES string of the molecule is CC1=CC(NC[C@@H]2OCCN(C)[C@H]2c2cnn(C)c2)[C@H]2C[C@@H]1C2(C)C. The summed E-state index contributed by atoms with van der Waals surface area (Å²) in [6.07, 6.45) is 8.07. The number of aromatic nitrogens is 2. The summed E-state index contributed by atoms with van der Waals surface area (Å²) in [4.78, 5) is 2.40. The van der Waals surface area contributed by atoms with Crippen molar-refractivity contribution in [2.24, 2.45) is 24.3 Å². The molecule has 4 aliphatic rings. The Hall–Kier alpha value is -1.17. The highest BCUT2D eigenvalue weighted by Crippen LogP contribution is 2.59. The zero-order valence-electron chi connectivity index (χ0n) is 16.2. The number of aryl methyl sites for hydroxylation is 1. The number of hydrogen-bond donors (Lipinski definition) is 1. The lowest BCUT2D eigenvalue weighted by Crippen LogP contribution is -2.59. The van der Waals surface area contributed by atoms with Gasteiger partial charge in [0.25, 0.3) is 0 Å². The summed E-state index contributed by atoms with van der Waals surface area (Å²) < 4.78 is 8.06. The first kappa shape index (κ1) is 17.3. The van der Waals surface area contributed by atoms with Crippen LogP contribution in [0, 0.1) is 17.3 Å². The third-order valence-corrected chi connectivity index (χ3v) is 6.99. The summed E-state index contributed by atoms with van der Waals surface area (Å²) in [5.74, 6) is 1.54. The van der Waals surface area contributed by atoms with Gasteiger partial charge in [0.1, 0.15) is 0 Å². The van der Waals surface area contributed by atoms with Crippen molar-refractivity contribution in [3.63, 3.8) is 0 Å². The topological polar surface area (TPSA) is 42.3 Å². The van der Waals surface area contributed by atoms with Gasteiger partial charge in [-0.15, -0.1) is 0 Å². The molecule has 5 heteroatoms. The number of fused-ring (bicyclic) bond motifs is 1. The van der Waals surface area contributed by atoms with Crippen molar-refractivity contribution < 1.29 is 4.74 Å². The Morgan fingerprint density at radius 1 is 1.36 bits per heavy atom. The Kier molecular flexibility index (Phi) is 4.29. The molecule has 5 rings (SSSR count). The second kappa shape index (κ2) is 6.22. The van der Waals surface area contributed by atoms with E-state index in [-0.39, 0.29) is 12.1 Å². The van der Waals surface area contributed by atoms with Crippen molar-refractivity contribution in [3.05, 3.63) is 29.6 Å². The molecular formula is C20H32N4O. The van der Waals surface area contributed by atoms with Gasteiger partial charge in [-0.1, -0.05) is 25.5 Å². The number of rotatable bonds is 4. The largest absolute Gasteiger partial charge is 0.374 e. The van der Waals surface area contributed by atoms with E-state index in [1.807, 2.05) is 17.9 Å². The fourth-order valence-corrected chi connectivity index (χ4v) is 5.41. The zero-order chi connectivity index (χ0) is 17.8. The number of ether oxygens (including phenoxy) is 1. The Bertz CT molecular complexity index is 664. The van der Waals surface area contributed by atoms with E-state index in [0.29, 0.717) is 11.5 Å². The normalized spacial score (nSPS) is 37.5. The maximum atomic E-state index is 6.18. The average Bonchev–Trinajstić information content (AvgIpc) is 2.98. The molecule has 0 aromatic carbocycles. The van der Waals surface area contributed by atoms with Crippen LogP contribution in [0.15, 0.2) is 24.0 Å². The van der Waals surface area contributed by atoms with E-state index < -0.39 is 0 Å². The molecule has 138 valence electrons. The highest BCUT2D eigenvalue weighted by atomic mass is 16.5. The monoisotopic (exact) mass is 344 g/mol. The molecule has 0 radical (unpaired) electrons. The van der Waals surface area contributed by atoms with Crippen molar-refractivity contribution in [3.8, 4) is 0 Å². The maximum Gasteiger partial charge on any atom is 0.0897 e. The summed E-state index contributed by atoms with van der Waals surface area (Å²) >= 11 is 0. The van der Waals surface area contributed by atoms with E-state index in [0.717, 1.165) is 31.5 Å². The van der Waals surface area contributed by atoms with E-state index >= 15 is 0 Å². The van der Waals surface area contributed by atoms with Crippen LogP contribution in [-0.4, -0.2) is 53.6 Å². The van der Waals surface area contributed by atoms with Gasteiger partial charge in [0.05, 0.1) is 24.9 Å². The van der Waals surface area contributed by atoms with Gasteiger partial charge in [0, 0.05) is 37.9 Å². The molecule has 0 amide bonds. The predicted octanol–water partition coefficient (Wildman–Crippen LogP) is 2.37. The Labute approximate surface area is 151 Å². The number of nitrogens with one attached hydrogen (secondary N) is 1. The molecule has 1 saturated heterocycles. The number of morpholine rings is 1. The third-order valence-electron chi connectivity index (χ3n) is 6.99. The Morgan fingerprint density at radius 2 is 2.16 bits per heavy atom. The van der Waals surface area contributed by atoms with Gasteiger partial charge >= 0.3 is 0 Å². The molecule has 2 fully saturated rings. The van der Waals surface area contributed by atoms with Gasteiger partial charge in [0.2, 0.25) is 0 Å². The fourth-order valence-electron chi connectivity index (χ4n) is 5.41. The van der Waals surface area contributed by atoms with Crippen LogP contribution in [0.2, 0.25) is 0 Å². The Balaban J connectivity index is 1.47. The zero-order valence-corrected chi connectivity index (χ0v) is 16.2. The minimum Gasteiger partial charge on any atom is -0.374 e. The van der Waals surface area contributed by atoms with Gasteiger partial charge in [-0.2, -0.15) is 5.10 Å². The predicted molar refractivity (Wildman–Crippen MR) is 99.2 cm³/mol. The minimum atomic E-state index is 0.164. The Morgan fingerprint density at radius 3 is 2.80 bits per heavy atom. The molecule has 1 saturated carbocycles. The van der Waals surface area contributed by atoms with Crippen molar-refractivity contribution >= 4 is 0 Å². The first-order valence-corrected chi connectivity index (χ1v) is 9.60. The summed E-state index contributed by atoms with van der Waals surface area (Å²) in [6.45, 7) is 9.82. The second-order valence-corrected chi connectivity index (χ2v) is 8.84. The van der Waals surface area contributed by atoms with E-state index in [9.17, 15) is 0 Å². The summed E-state index contributed by atoms with van der Waals surface area (Å²) in [5, 5.41) is 8.20. The lowest BCUT2D eigenvalue weighted by molar-refractivity contribution is -0.0691. The molecule has 3 aliphatic carbocycles. The maximum absolute atomic E-state index is 6.18. The summed E-state index contributed by atoms with van der Waals surface area (Å²) in [7, 11) is 4.17. The summed E-state index contributed by atoms with van der Waals surface area (Å²) in [6, 6.07) is 0.746. The molecule has 25 heavy (non-hydrogen) atoms. The number of likely N-dealkylation sites (N-methyl/N-ethyl adjacent to an activating group) is 1. The van der Waals surface area contributed by atoms with Crippen LogP contribution in [0.25, 0.3) is 0 Å². The molecule has 1 aromatic heterocycles. The minimum absolute atomic E-state index is 0.164. The second-order valence-electron chi connectivity index (χ2n) is 8.84. The van der Waals surface area contributed by atoms with Gasteiger partial charge < -0.3 is 10.1 Å². The van der Waals surface area contributed by atoms with E-state index in [1.165, 1.54) is 12.0 Å². The molecular weight excluding hydrogens is 312 g/mol. The summed E-state index contributed by atoms with van der Waals surface area (Å²) in [5.41, 5.74) is 3.25.